The maximum absolute atomic E-state index is 15.1. The quantitative estimate of drug-likeness (QED) is 0.0570. The van der Waals surface area contributed by atoms with Gasteiger partial charge in [-0.05, 0) is 155 Å². The Bertz CT molecular complexity index is 4500. The van der Waals surface area contributed by atoms with Gasteiger partial charge in [0.05, 0.1) is 58.4 Å². The van der Waals surface area contributed by atoms with E-state index in [1.165, 1.54) is 122 Å². The van der Waals surface area contributed by atoms with E-state index in [4.69, 9.17) is 23.0 Å². The smallest absolute Gasteiger partial charge is 0.341 e. The summed E-state index contributed by atoms with van der Waals surface area (Å²) in [6.07, 6.45) is 3.04. The van der Waals surface area contributed by atoms with Gasteiger partial charge in [0.15, 0.2) is 28.9 Å². The maximum Gasteiger partial charge on any atom is 0.341 e. The van der Waals surface area contributed by atoms with Crippen molar-refractivity contribution in [1.29, 1.82) is 2.67 Å². The summed E-state index contributed by atoms with van der Waals surface area (Å²) in [6.45, 7) is 3.95. The third kappa shape index (κ3) is 12.8. The number of pyridine rings is 4. The average Bonchev–Trinajstić information content (AvgIpc) is 4.20. The number of aromatic carboxylic acids is 1. The fourth-order valence-corrected chi connectivity index (χ4v) is 9.94. The number of carbonyl (C=O) groups excluding carboxylic acids is 1. The topological polar surface area (TPSA) is 194 Å². The SMILES string of the molecule is Cc1ccc2c(Oc3ccc(CC(=O)c4cc5ncsc5n(-c5ccc(F)cc5)c4=O)cc3F)ccnc2c1.Cc1ccc2c(Oc3ccc(N)cc3F)ccnc2c1.O=C(O)c1cc2ncsc2n(-c2ccc(F)cc2)c1=O.[3H][B][3H].[U]. The Morgan fingerprint density at radius 2 is 1.04 bits per heavy atom. The number of nitrogens with two attached hydrogens (primary N) is 1. The molecule has 6 aromatic heterocycles. The van der Waals surface area contributed by atoms with Crippen molar-refractivity contribution in [3.05, 3.63) is 241 Å². The van der Waals surface area contributed by atoms with Crippen LogP contribution in [0.25, 0.3) is 53.9 Å². The maximum atomic E-state index is 15.1. The first-order valence-electron chi connectivity index (χ1n) is 24.9. The summed E-state index contributed by atoms with van der Waals surface area (Å²) in [5.41, 5.74) is 13.1. The normalized spacial score (nSPS) is 10.9. The van der Waals surface area contributed by atoms with Crippen LogP contribution < -0.4 is 26.3 Å². The van der Waals surface area contributed by atoms with Crippen molar-refractivity contribution in [2.24, 2.45) is 0 Å². The summed E-state index contributed by atoms with van der Waals surface area (Å²) in [4.78, 5) is 68.0. The third-order valence-electron chi connectivity index (χ3n) is 12.2. The number of hydrogen-bond acceptors (Lipinski definition) is 13. The number of benzene rings is 6. The van der Waals surface area contributed by atoms with Gasteiger partial charge in [-0.3, -0.25) is 33.5 Å². The van der Waals surface area contributed by atoms with Gasteiger partial charge in [0.2, 0.25) is 0 Å². The molecule has 0 fully saturated rings. The Morgan fingerprint density at radius 1 is 0.580 bits per heavy atom. The minimum absolute atomic E-state index is 0. The van der Waals surface area contributed by atoms with E-state index in [0.29, 0.717) is 63.2 Å². The molecule has 1 radical (unpaired) electrons. The predicted octanol–water partition coefficient (Wildman–Crippen LogP) is 12.2. The Balaban J connectivity index is 0.000000172. The van der Waals surface area contributed by atoms with Crippen LogP contribution >= 0.6 is 22.7 Å². The van der Waals surface area contributed by atoms with Crippen molar-refractivity contribution in [2.45, 2.75) is 20.3 Å². The molecule has 14 nitrogen and oxygen atoms in total. The number of anilines is 1. The Labute approximate surface area is 493 Å². The monoisotopic (exact) mass is 1350 g/mol. The molecule has 0 unspecified atom stereocenters. The molecular formula is C59H41BF4N7O7S2U. The molecule has 22 heteroatoms. The number of carboxylic acids is 1. The molecule has 6 aromatic carbocycles. The van der Waals surface area contributed by atoms with Gasteiger partial charge in [-0.25, -0.2) is 32.3 Å². The largest absolute Gasteiger partial charge is 0.477 e. The number of ether oxygens (including phenoxy) is 2. The molecule has 0 amide bonds. The van der Waals surface area contributed by atoms with Crippen molar-refractivity contribution >= 4 is 91.0 Å². The zero-order valence-corrected chi connectivity index (χ0v) is 48.2. The van der Waals surface area contributed by atoms with Crippen LogP contribution in [0.5, 0.6) is 23.0 Å². The molecule has 0 aliphatic rings. The summed E-state index contributed by atoms with van der Waals surface area (Å²) >= 11 is 2.45. The van der Waals surface area contributed by atoms with Crippen molar-refractivity contribution in [2.75, 3.05) is 5.73 Å². The minimum Gasteiger partial charge on any atom is -0.477 e. The average molecular weight is 1350 g/mol. The van der Waals surface area contributed by atoms with Crippen molar-refractivity contribution in [3.63, 3.8) is 0 Å². The molecule has 0 aliphatic heterocycles. The van der Waals surface area contributed by atoms with Gasteiger partial charge < -0.3 is 20.3 Å². The molecule has 81 heavy (non-hydrogen) atoms. The van der Waals surface area contributed by atoms with Gasteiger partial charge in [-0.1, -0.05) is 18.2 Å². The summed E-state index contributed by atoms with van der Waals surface area (Å²) in [5.74, 6) is -2.64. The molecule has 12 rings (SSSR count). The van der Waals surface area contributed by atoms with Crippen LogP contribution in [0.3, 0.4) is 0 Å². The van der Waals surface area contributed by atoms with Crippen LogP contribution in [-0.4, -0.2) is 56.9 Å². The third-order valence-corrected chi connectivity index (χ3v) is 13.8. The molecule has 3 N–H and O–H groups in total. The Morgan fingerprint density at radius 3 is 1.51 bits per heavy atom. The number of rotatable bonds is 10. The molecule has 0 atom stereocenters. The molecule has 12 aromatic rings. The zero-order chi connectivity index (χ0) is 58.2. The van der Waals surface area contributed by atoms with Gasteiger partial charge in [0.1, 0.15) is 38.4 Å². The van der Waals surface area contributed by atoms with E-state index in [1.807, 2.05) is 50.2 Å². The molecule has 0 saturated heterocycles. The fourth-order valence-electron chi connectivity index (χ4n) is 8.35. The molecule has 0 aliphatic carbocycles. The summed E-state index contributed by atoms with van der Waals surface area (Å²) in [6, 6.07) is 36.9. The first kappa shape index (κ1) is 55.5. The number of aromatic nitrogens is 6. The first-order valence-corrected chi connectivity index (χ1v) is 25.5. The molecular weight excluding hydrogens is 1310 g/mol. The van der Waals surface area contributed by atoms with Crippen molar-refractivity contribution in [1.82, 2.24) is 29.1 Å². The van der Waals surface area contributed by atoms with Crippen LogP contribution in [0.4, 0.5) is 23.2 Å². The number of fused-ring (bicyclic) bond motifs is 4. The van der Waals surface area contributed by atoms with Gasteiger partial charge in [0, 0.05) is 72.5 Å². The van der Waals surface area contributed by atoms with E-state index in [2.05, 4.69) is 19.9 Å². The van der Waals surface area contributed by atoms with Gasteiger partial charge in [0.25, 0.3) is 11.1 Å². The fraction of sp³-hybridized carbons (Fsp3) is 0.0508. The number of nitrogen functional groups attached to an aromatic ring is 1. The number of carbonyl (C=O) groups is 2. The molecule has 401 valence electrons. The van der Waals surface area contributed by atoms with Crippen LogP contribution in [0.2, 0.25) is 0 Å². The molecule has 0 spiro atoms. The number of Topliss-reactive ketones (excluding diaryl/α,β-unsaturated/α-hetero) is 1. The number of ketones is 1. The number of thiazole rings is 2. The number of hydrogen-bond donors (Lipinski definition) is 2. The number of halogens is 4. The first-order chi connectivity index (χ1) is 39.5. The second-order valence-electron chi connectivity index (χ2n) is 17.7. The number of aryl methyl sites for hydroxylation is 2. The standard InChI is InChI=1S/C30H19F2N3O3S.C16H13FN2O.C13H7FN2O3S.BH2.U/c1-17-2-8-21-24(12-17)33-11-10-27(21)38-28-9-3-18(13-23(28)32)14-26(36)22-15-25-30(39-16-34-25)35(29(22)37)20-6-4-19(31)5-7-20;1-10-2-4-12-14(8-10)19-7-6-15(12)20-16-5-3-11(18)9-13(16)17;14-7-1-3-8(4-2-7)16-11(17)9(13(18)19)5-10-12(16)20-6-15-10;;/h2-13,15-16H,14H2,1H3;2-9H,18H2,1H3;1-6H,(H,18,19);1H2;/i;;;1T2;. The van der Waals surface area contributed by atoms with E-state index in [9.17, 15) is 32.3 Å². The van der Waals surface area contributed by atoms with Crippen molar-refractivity contribution in [3.8, 4) is 34.4 Å². The molecule has 0 bridgehead atoms. The second-order valence-corrected chi connectivity index (χ2v) is 19.3. The Kier molecular flexibility index (Phi) is 17.2. The van der Waals surface area contributed by atoms with E-state index >= 15 is 4.39 Å². The van der Waals surface area contributed by atoms with Crippen LogP contribution in [0, 0.1) is 68.2 Å². The van der Waals surface area contributed by atoms with E-state index in [-0.39, 0.29) is 60.2 Å². The van der Waals surface area contributed by atoms with E-state index in [1.54, 1.807) is 42.2 Å². The Hall–Kier alpha value is -8.80. The second kappa shape index (κ2) is 25.1. The van der Waals surface area contributed by atoms with Crippen LogP contribution in [0.15, 0.2) is 179 Å². The van der Waals surface area contributed by atoms with Crippen LogP contribution in [0.1, 0.15) is 37.4 Å². The minimum atomic E-state index is -1.32. The van der Waals surface area contributed by atoms with E-state index < -0.39 is 46.1 Å². The summed E-state index contributed by atoms with van der Waals surface area (Å²) < 4.78 is 80.9. The summed E-state index contributed by atoms with van der Waals surface area (Å²) in [5, 5.41) is 10.7. The summed E-state index contributed by atoms with van der Waals surface area (Å²) in [7, 11) is 0.500. The predicted molar refractivity (Wildman–Crippen MR) is 304 cm³/mol. The molecule has 6 heterocycles. The number of nitrogens with zero attached hydrogens (tertiary/aromatic N) is 6. The van der Waals surface area contributed by atoms with Crippen molar-refractivity contribution < 1.29 is 72.8 Å². The zero-order valence-electron chi connectivity index (χ0n) is 44.4. The molecule has 0 saturated carbocycles. The van der Waals surface area contributed by atoms with Gasteiger partial charge in [-0.2, -0.15) is 0 Å². The van der Waals surface area contributed by atoms with E-state index in [0.717, 1.165) is 32.9 Å². The number of carboxylic acid groups (broad SMARTS) is 1. The van der Waals surface area contributed by atoms with Crippen LogP contribution in [-0.2, 0) is 6.42 Å². The van der Waals surface area contributed by atoms with Gasteiger partial charge >= 0.3 is 5.97 Å². The van der Waals surface area contributed by atoms with Gasteiger partial charge in [-0.15, -0.1) is 22.7 Å².